The van der Waals surface area contributed by atoms with Crippen molar-refractivity contribution in [2.24, 2.45) is 5.92 Å². The average Bonchev–Trinajstić information content (AvgIpc) is 3.23. The number of aliphatic hydroxyl groups excluding tert-OH is 1. The number of halogens is 2. The van der Waals surface area contributed by atoms with E-state index in [1.807, 2.05) is 0 Å². The van der Waals surface area contributed by atoms with E-state index in [1.165, 1.54) is 43.8 Å². The van der Waals surface area contributed by atoms with Gasteiger partial charge in [0.15, 0.2) is 11.2 Å². The minimum Gasteiger partial charge on any atom is -0.495 e. The highest BCUT2D eigenvalue weighted by molar-refractivity contribution is 5.69. The normalized spacial score (nSPS) is 28.9. The molecule has 1 saturated carbocycles. The van der Waals surface area contributed by atoms with Crippen molar-refractivity contribution < 1.29 is 38.4 Å². The Morgan fingerprint density at radius 1 is 1.14 bits per heavy atom. The van der Waals surface area contributed by atoms with Gasteiger partial charge >= 0.3 is 5.97 Å². The summed E-state index contributed by atoms with van der Waals surface area (Å²) in [6.45, 7) is 0. The van der Waals surface area contributed by atoms with E-state index in [0.717, 1.165) is 0 Å². The predicted molar refractivity (Wildman–Crippen MR) is 119 cm³/mol. The number of benzene rings is 2. The monoisotopic (exact) mass is 483 g/mol. The summed E-state index contributed by atoms with van der Waals surface area (Å²) in [5.74, 6) is -2.71. The molecule has 2 heterocycles. The third-order valence-corrected chi connectivity index (χ3v) is 7.17. The molecule has 2 aliphatic rings. The molecular formula is C26H23F2NO6. The molecule has 1 fully saturated rings. The van der Waals surface area contributed by atoms with E-state index in [0.29, 0.717) is 11.1 Å². The number of nitrogens with zero attached hydrogens (tertiary/aromatic N) is 1. The van der Waals surface area contributed by atoms with Gasteiger partial charge in [-0.2, -0.15) is 0 Å². The highest BCUT2D eigenvalue weighted by Gasteiger charge is 2.76. The van der Waals surface area contributed by atoms with Crippen LogP contribution < -0.4 is 9.47 Å². The molecular weight excluding hydrogens is 460 g/mol. The van der Waals surface area contributed by atoms with Gasteiger partial charge in [-0.25, -0.2) is 8.78 Å². The fraction of sp³-hybridized carbons (Fsp3) is 0.308. The van der Waals surface area contributed by atoms with Crippen molar-refractivity contribution in [3.8, 4) is 11.5 Å². The summed E-state index contributed by atoms with van der Waals surface area (Å²) in [7, 11) is 1.38. The summed E-state index contributed by atoms with van der Waals surface area (Å²) in [5, 5.41) is 33.8. The fourth-order valence-electron chi connectivity index (χ4n) is 5.84. The molecule has 5 atom stereocenters. The number of aliphatic hydroxyl groups is 2. The number of aromatic nitrogens is 1. The Morgan fingerprint density at radius 2 is 1.83 bits per heavy atom. The first-order valence-corrected chi connectivity index (χ1v) is 11.0. The lowest BCUT2D eigenvalue weighted by Crippen LogP contribution is -2.52. The van der Waals surface area contributed by atoms with Gasteiger partial charge in [0.05, 0.1) is 37.6 Å². The van der Waals surface area contributed by atoms with Gasteiger partial charge in [-0.15, -0.1) is 0 Å². The first kappa shape index (κ1) is 23.2. The van der Waals surface area contributed by atoms with Crippen LogP contribution in [0.15, 0.2) is 67.0 Å². The molecule has 0 amide bonds. The zero-order chi connectivity index (χ0) is 25.0. The zero-order valence-electron chi connectivity index (χ0n) is 18.6. The summed E-state index contributed by atoms with van der Waals surface area (Å²) in [5.41, 5.74) is -3.10. The molecule has 0 radical (unpaired) electrons. The number of aliphatic carboxylic acids is 1. The predicted octanol–water partition coefficient (Wildman–Crippen LogP) is 3.75. The van der Waals surface area contributed by atoms with Crippen LogP contribution >= 0.6 is 0 Å². The Labute approximate surface area is 199 Å². The maximum Gasteiger partial charge on any atom is 0.303 e. The molecule has 35 heavy (non-hydrogen) atoms. The molecule has 3 N–H and O–H groups in total. The smallest absolute Gasteiger partial charge is 0.303 e. The lowest BCUT2D eigenvalue weighted by molar-refractivity contribution is -0.154. The van der Waals surface area contributed by atoms with Crippen LogP contribution in [0.25, 0.3) is 0 Å². The summed E-state index contributed by atoms with van der Waals surface area (Å²) in [6.07, 6.45) is -2.03. The topological polar surface area (TPSA) is 109 Å². The van der Waals surface area contributed by atoms with Crippen LogP contribution in [0.4, 0.5) is 8.78 Å². The van der Waals surface area contributed by atoms with Crippen molar-refractivity contribution in [1.82, 2.24) is 4.98 Å². The van der Waals surface area contributed by atoms with E-state index in [1.54, 1.807) is 30.3 Å². The molecule has 0 bridgehead atoms. The number of carboxylic acids is 1. The Kier molecular flexibility index (Phi) is 5.49. The van der Waals surface area contributed by atoms with Crippen LogP contribution in [0, 0.1) is 5.92 Å². The molecule has 1 aliphatic heterocycles. The molecule has 0 unspecified atom stereocenters. The van der Waals surface area contributed by atoms with Crippen LogP contribution in [0.5, 0.6) is 11.5 Å². The average molecular weight is 483 g/mol. The zero-order valence-corrected chi connectivity index (χ0v) is 18.6. The third-order valence-electron chi connectivity index (χ3n) is 7.17. The van der Waals surface area contributed by atoms with E-state index in [-0.39, 0.29) is 22.6 Å². The number of hydrogen-bond acceptors (Lipinski definition) is 6. The van der Waals surface area contributed by atoms with Gasteiger partial charge < -0.3 is 24.8 Å². The quantitative estimate of drug-likeness (QED) is 0.490. The number of pyridine rings is 1. The Balaban J connectivity index is 1.84. The standard InChI is InChI=1S/C26H23F2NO6/c1-34-18-12-29-13-19-22(18)25(33)23(32)17(11-20(30)31)21(14-5-3-2-4-6-14)26(25,35-19)16-9-7-15(8-10-16)24(27)28/h2-10,12-13,17,21,23-24,32-33H,11H2,1H3,(H,30,31)/t17-,21-,23-,25+,26+/m1/s1. The summed E-state index contributed by atoms with van der Waals surface area (Å²) < 4.78 is 38.6. The molecule has 3 aromatic rings. The Morgan fingerprint density at radius 3 is 2.43 bits per heavy atom. The molecule has 182 valence electrons. The van der Waals surface area contributed by atoms with Crippen molar-refractivity contribution in [3.63, 3.8) is 0 Å². The van der Waals surface area contributed by atoms with Crippen LogP contribution in [0.3, 0.4) is 0 Å². The summed E-state index contributed by atoms with van der Waals surface area (Å²) >= 11 is 0. The van der Waals surface area contributed by atoms with Crippen molar-refractivity contribution in [3.05, 3.63) is 89.2 Å². The minimum atomic E-state index is -2.70. The van der Waals surface area contributed by atoms with Crippen molar-refractivity contribution in [2.75, 3.05) is 7.11 Å². The third kappa shape index (κ3) is 3.15. The van der Waals surface area contributed by atoms with E-state index in [2.05, 4.69) is 4.98 Å². The second-order valence-corrected chi connectivity index (χ2v) is 8.84. The Hall–Kier alpha value is -3.56. The first-order chi connectivity index (χ1) is 16.8. The van der Waals surface area contributed by atoms with Crippen LogP contribution in [0.1, 0.15) is 41.0 Å². The summed E-state index contributed by atoms with van der Waals surface area (Å²) in [6, 6.07) is 14.1. The van der Waals surface area contributed by atoms with Crippen LogP contribution in [0.2, 0.25) is 0 Å². The van der Waals surface area contributed by atoms with E-state index in [4.69, 9.17) is 9.47 Å². The van der Waals surface area contributed by atoms with E-state index in [9.17, 15) is 28.9 Å². The molecule has 7 nitrogen and oxygen atoms in total. The van der Waals surface area contributed by atoms with Gasteiger partial charge in [0.25, 0.3) is 6.43 Å². The molecule has 1 aliphatic carbocycles. The summed E-state index contributed by atoms with van der Waals surface area (Å²) in [4.78, 5) is 16.0. The molecule has 2 aromatic carbocycles. The van der Waals surface area contributed by atoms with Crippen LogP contribution in [-0.4, -0.2) is 39.5 Å². The number of ether oxygens (including phenoxy) is 2. The number of rotatable bonds is 6. The second-order valence-electron chi connectivity index (χ2n) is 8.84. The van der Waals surface area contributed by atoms with Crippen molar-refractivity contribution in [2.45, 2.75) is 36.1 Å². The number of carboxylic acid groups (broad SMARTS) is 1. The lowest BCUT2D eigenvalue weighted by Gasteiger charge is -2.41. The number of hydrogen-bond donors (Lipinski definition) is 3. The van der Waals surface area contributed by atoms with Gasteiger partial charge in [0.2, 0.25) is 0 Å². The highest BCUT2D eigenvalue weighted by Crippen LogP contribution is 2.70. The van der Waals surface area contributed by atoms with Gasteiger partial charge in [-0.1, -0.05) is 54.6 Å². The van der Waals surface area contributed by atoms with E-state index >= 15 is 0 Å². The lowest BCUT2D eigenvalue weighted by atomic mass is 9.70. The first-order valence-electron chi connectivity index (χ1n) is 11.0. The Bertz CT molecular complexity index is 1250. The number of fused-ring (bicyclic) bond motifs is 3. The van der Waals surface area contributed by atoms with E-state index < -0.39 is 48.0 Å². The number of alkyl halides is 2. The largest absolute Gasteiger partial charge is 0.495 e. The SMILES string of the molecule is COc1cncc2c1[C@]1(O)[C@H](O)[C@H](CC(=O)O)[C@@H](c3ccccc3)[C@]1(c1ccc(C(F)F)cc1)O2. The maximum absolute atomic E-state index is 13.3. The fourth-order valence-corrected chi connectivity index (χ4v) is 5.84. The molecule has 5 rings (SSSR count). The van der Waals surface area contributed by atoms with Gasteiger partial charge in [0, 0.05) is 17.4 Å². The van der Waals surface area contributed by atoms with Gasteiger partial charge in [-0.3, -0.25) is 9.78 Å². The number of methoxy groups -OCH3 is 1. The molecule has 0 saturated heterocycles. The van der Waals surface area contributed by atoms with Crippen LogP contribution in [-0.2, 0) is 16.0 Å². The van der Waals surface area contributed by atoms with Crippen molar-refractivity contribution >= 4 is 5.97 Å². The second kappa shape index (κ2) is 8.28. The maximum atomic E-state index is 13.3. The highest BCUT2D eigenvalue weighted by atomic mass is 19.3. The molecule has 9 heteroatoms. The van der Waals surface area contributed by atoms with Gasteiger partial charge in [-0.05, 0) is 11.1 Å². The van der Waals surface area contributed by atoms with Gasteiger partial charge in [0.1, 0.15) is 11.5 Å². The van der Waals surface area contributed by atoms with Crippen molar-refractivity contribution in [1.29, 1.82) is 0 Å². The molecule has 0 spiro atoms. The molecule has 1 aromatic heterocycles. The minimum absolute atomic E-state index is 0.134. The number of carbonyl (C=O) groups is 1.